The van der Waals surface area contributed by atoms with Crippen molar-refractivity contribution in [1.82, 2.24) is 5.32 Å². The average Bonchev–Trinajstić information content (AvgIpc) is 2.76. The number of carbonyl (C=O) groups is 2. The molecule has 0 atom stereocenters. The van der Waals surface area contributed by atoms with Gasteiger partial charge in [0.1, 0.15) is 11.5 Å². The minimum Gasteiger partial charge on any atom is -0.321 e. The zero-order chi connectivity index (χ0) is 24.1. The summed E-state index contributed by atoms with van der Waals surface area (Å²) >= 11 is 17.8. The van der Waals surface area contributed by atoms with Crippen LogP contribution in [0, 0.1) is 15.9 Å². The zero-order valence-corrected chi connectivity index (χ0v) is 18.7. The van der Waals surface area contributed by atoms with Gasteiger partial charge in [-0.15, -0.1) is 0 Å². The molecule has 0 aliphatic heterocycles. The first kappa shape index (κ1) is 24.2. The number of benzene rings is 3. The normalized spacial score (nSPS) is 11.1. The van der Waals surface area contributed by atoms with Gasteiger partial charge < -0.3 is 10.6 Å². The van der Waals surface area contributed by atoms with E-state index in [0.717, 1.165) is 18.2 Å². The number of halogens is 4. The Kier molecular flexibility index (Phi) is 7.65. The van der Waals surface area contributed by atoms with Crippen LogP contribution in [0.3, 0.4) is 0 Å². The lowest BCUT2D eigenvalue weighted by Crippen LogP contribution is -2.31. The molecule has 0 unspecified atom stereocenters. The van der Waals surface area contributed by atoms with Crippen LogP contribution in [0.1, 0.15) is 15.9 Å². The van der Waals surface area contributed by atoms with E-state index in [1.807, 2.05) is 0 Å². The zero-order valence-electron chi connectivity index (χ0n) is 16.4. The van der Waals surface area contributed by atoms with Crippen molar-refractivity contribution < 1.29 is 18.9 Å². The van der Waals surface area contributed by atoms with Gasteiger partial charge in [-0.05, 0) is 48.0 Å². The van der Waals surface area contributed by atoms with Gasteiger partial charge in [0.2, 0.25) is 0 Å². The number of hydrogen-bond acceptors (Lipinski definition) is 4. The Morgan fingerprint density at radius 3 is 2.36 bits per heavy atom. The van der Waals surface area contributed by atoms with Crippen molar-refractivity contribution in [3.05, 3.63) is 108 Å². The van der Waals surface area contributed by atoms with Crippen molar-refractivity contribution in [1.29, 1.82) is 0 Å². The quantitative estimate of drug-likeness (QED) is 0.238. The third-order valence-corrected chi connectivity index (χ3v) is 5.29. The minimum atomic E-state index is -0.791. The van der Waals surface area contributed by atoms with Crippen LogP contribution in [0.15, 0.2) is 66.4 Å². The highest BCUT2D eigenvalue weighted by Gasteiger charge is 2.18. The molecule has 3 aromatic rings. The van der Waals surface area contributed by atoms with Crippen molar-refractivity contribution in [2.75, 3.05) is 5.32 Å². The first-order valence-corrected chi connectivity index (χ1v) is 10.3. The third-order valence-electron chi connectivity index (χ3n) is 4.24. The number of anilines is 1. The highest BCUT2D eigenvalue weighted by Crippen LogP contribution is 2.25. The molecule has 0 aliphatic carbocycles. The lowest BCUT2D eigenvalue weighted by atomic mass is 10.1. The minimum absolute atomic E-state index is 0.0784. The average molecular weight is 509 g/mol. The van der Waals surface area contributed by atoms with Crippen LogP contribution in [0.5, 0.6) is 0 Å². The van der Waals surface area contributed by atoms with Crippen LogP contribution in [-0.2, 0) is 4.79 Å². The number of non-ortho nitro benzene ring substituents is 1. The fourth-order valence-corrected chi connectivity index (χ4v) is 3.24. The van der Waals surface area contributed by atoms with E-state index >= 15 is 0 Å². The van der Waals surface area contributed by atoms with E-state index in [-0.39, 0.29) is 43.3 Å². The Bertz CT molecular complexity index is 1300. The van der Waals surface area contributed by atoms with Gasteiger partial charge in [-0.3, -0.25) is 19.7 Å². The molecule has 0 spiro atoms. The van der Waals surface area contributed by atoms with Crippen LogP contribution in [0.2, 0.25) is 15.1 Å². The monoisotopic (exact) mass is 507 g/mol. The van der Waals surface area contributed by atoms with Crippen LogP contribution < -0.4 is 10.6 Å². The maximum Gasteiger partial charge on any atom is 0.272 e. The van der Waals surface area contributed by atoms with Gasteiger partial charge in [-0.1, -0.05) is 46.9 Å². The number of amides is 2. The molecular formula is C22H13Cl3FN3O4. The third kappa shape index (κ3) is 6.29. The first-order chi connectivity index (χ1) is 15.6. The summed E-state index contributed by atoms with van der Waals surface area (Å²) in [7, 11) is 0. The van der Waals surface area contributed by atoms with E-state index in [9.17, 15) is 24.1 Å². The van der Waals surface area contributed by atoms with E-state index in [2.05, 4.69) is 10.6 Å². The molecule has 0 saturated heterocycles. The van der Waals surface area contributed by atoms with Gasteiger partial charge in [-0.2, -0.15) is 0 Å². The van der Waals surface area contributed by atoms with Gasteiger partial charge in [-0.25, -0.2) is 4.39 Å². The fraction of sp³-hybridized carbons (Fsp3) is 0. The second-order valence-corrected chi connectivity index (χ2v) is 7.79. The molecule has 2 N–H and O–H groups in total. The Balaban J connectivity index is 1.96. The fourth-order valence-electron chi connectivity index (χ4n) is 2.69. The lowest BCUT2D eigenvalue weighted by molar-refractivity contribution is -0.384. The van der Waals surface area contributed by atoms with Gasteiger partial charge >= 0.3 is 0 Å². The summed E-state index contributed by atoms with van der Waals surface area (Å²) < 4.78 is 13.3. The molecule has 0 heterocycles. The second kappa shape index (κ2) is 10.4. The van der Waals surface area contributed by atoms with Crippen LogP contribution in [0.4, 0.5) is 15.8 Å². The van der Waals surface area contributed by atoms with Crippen LogP contribution >= 0.6 is 34.8 Å². The van der Waals surface area contributed by atoms with Crippen LogP contribution in [-0.4, -0.2) is 16.7 Å². The number of nitro benzene ring substituents is 1. The molecule has 0 aromatic heterocycles. The standard InChI is InChI=1S/C22H13Cl3FN3O4/c23-17-7-5-14(11-19(17)25)27-22(31)20(9-12-2-1-3-15(8-12)29(32)33)28-21(30)16-6-4-13(26)10-18(16)24/h1-11H,(H,27,31)(H,28,30)/b20-9-. The summed E-state index contributed by atoms with van der Waals surface area (Å²) in [6.45, 7) is 0. The summed E-state index contributed by atoms with van der Waals surface area (Å²) in [4.78, 5) is 36.1. The van der Waals surface area contributed by atoms with Gasteiger partial charge in [0.15, 0.2) is 0 Å². The Morgan fingerprint density at radius 2 is 1.70 bits per heavy atom. The summed E-state index contributed by atoms with van der Waals surface area (Å²) in [6.07, 6.45) is 1.25. The molecule has 0 bridgehead atoms. The molecule has 0 saturated carbocycles. The highest BCUT2D eigenvalue weighted by molar-refractivity contribution is 6.42. The number of nitrogens with one attached hydrogen (secondary N) is 2. The largest absolute Gasteiger partial charge is 0.321 e. The predicted octanol–water partition coefficient (Wildman–Crippen LogP) is 6.10. The SMILES string of the molecule is O=C(Nc1ccc(Cl)c(Cl)c1)/C(=C/c1cccc([N+](=O)[O-])c1)NC(=O)c1ccc(F)cc1Cl. The molecule has 0 aliphatic rings. The lowest BCUT2D eigenvalue weighted by Gasteiger charge is -2.12. The summed E-state index contributed by atoms with van der Waals surface area (Å²) in [6, 6.07) is 13.0. The number of rotatable bonds is 6. The van der Waals surface area contributed by atoms with Crippen molar-refractivity contribution >= 4 is 64.1 Å². The molecule has 0 radical (unpaired) electrons. The van der Waals surface area contributed by atoms with Gasteiger partial charge in [0, 0.05) is 17.8 Å². The van der Waals surface area contributed by atoms with E-state index in [4.69, 9.17) is 34.8 Å². The highest BCUT2D eigenvalue weighted by atomic mass is 35.5. The second-order valence-electron chi connectivity index (χ2n) is 6.57. The number of carbonyl (C=O) groups excluding carboxylic acids is 2. The summed E-state index contributed by atoms with van der Waals surface area (Å²) in [5.41, 5.74) is 0.0144. The van der Waals surface area contributed by atoms with Crippen molar-refractivity contribution in [2.45, 2.75) is 0 Å². The number of nitro groups is 1. The molecule has 3 rings (SSSR count). The van der Waals surface area contributed by atoms with Crippen molar-refractivity contribution in [2.24, 2.45) is 0 Å². The van der Waals surface area contributed by atoms with E-state index in [1.54, 1.807) is 0 Å². The van der Waals surface area contributed by atoms with E-state index in [0.29, 0.717) is 0 Å². The Morgan fingerprint density at radius 1 is 0.939 bits per heavy atom. The first-order valence-electron chi connectivity index (χ1n) is 9.13. The molecule has 3 aromatic carbocycles. The summed E-state index contributed by atoms with van der Waals surface area (Å²) in [5, 5.41) is 16.3. The molecule has 2 amide bonds. The van der Waals surface area contributed by atoms with Crippen molar-refractivity contribution in [3.8, 4) is 0 Å². The Hall–Kier alpha value is -3.46. The van der Waals surface area contributed by atoms with Crippen molar-refractivity contribution in [3.63, 3.8) is 0 Å². The van der Waals surface area contributed by atoms with E-state index in [1.165, 1.54) is 48.5 Å². The van der Waals surface area contributed by atoms with Crippen LogP contribution in [0.25, 0.3) is 6.08 Å². The van der Waals surface area contributed by atoms with Gasteiger partial charge in [0.05, 0.1) is 25.6 Å². The molecular weight excluding hydrogens is 496 g/mol. The van der Waals surface area contributed by atoms with Gasteiger partial charge in [0.25, 0.3) is 17.5 Å². The number of nitrogens with zero attached hydrogens (tertiary/aromatic N) is 1. The smallest absolute Gasteiger partial charge is 0.272 e. The predicted molar refractivity (Wildman–Crippen MR) is 125 cm³/mol. The Labute approximate surface area is 201 Å². The topological polar surface area (TPSA) is 101 Å². The maximum absolute atomic E-state index is 13.3. The molecule has 7 nitrogen and oxygen atoms in total. The summed E-state index contributed by atoms with van der Waals surface area (Å²) in [5.74, 6) is -2.19. The molecule has 0 fully saturated rings. The number of hydrogen-bond donors (Lipinski definition) is 2. The maximum atomic E-state index is 13.3. The molecule has 11 heteroatoms. The molecule has 168 valence electrons. The molecule has 33 heavy (non-hydrogen) atoms. The van der Waals surface area contributed by atoms with E-state index < -0.39 is 22.6 Å².